The van der Waals surface area contributed by atoms with Crippen molar-refractivity contribution < 1.29 is 19.5 Å². The maximum absolute atomic E-state index is 11.6. The summed E-state index contributed by atoms with van der Waals surface area (Å²) in [4.78, 5) is 33.6. The first-order valence-electron chi connectivity index (χ1n) is 4.93. The van der Waals surface area contributed by atoms with Crippen molar-refractivity contribution in [3.63, 3.8) is 0 Å². The zero-order valence-corrected chi connectivity index (χ0v) is 7.82. The van der Waals surface area contributed by atoms with Crippen molar-refractivity contribution in [2.24, 2.45) is 17.8 Å². The summed E-state index contributed by atoms with van der Waals surface area (Å²) in [6.07, 6.45) is 1.26. The Labute approximate surface area is 85.0 Å². The lowest BCUT2D eigenvalue weighted by molar-refractivity contribution is -0.139. The lowest BCUT2D eigenvalue weighted by Crippen LogP contribution is -2.48. The molecule has 2 aliphatic carbocycles. The van der Waals surface area contributed by atoms with E-state index in [1.165, 1.54) is 0 Å². The van der Waals surface area contributed by atoms with Gasteiger partial charge >= 0.3 is 12.0 Å². The predicted molar refractivity (Wildman–Crippen MR) is 46.7 cm³/mol. The van der Waals surface area contributed by atoms with Crippen LogP contribution in [0, 0.1) is 17.8 Å². The number of carboxylic acid groups (broad SMARTS) is 1. The van der Waals surface area contributed by atoms with Gasteiger partial charge in [-0.2, -0.15) is 0 Å². The molecule has 4 atom stereocenters. The molecule has 1 heterocycles. The standard InChI is InChI=1S/C9H10N2O4/c12-6(13)4-3-1-2-9(5(3)4)7(14)10-8(15)11-9/h3-5H,1-2H2,(H,12,13)(H2,10,11,14,15)/t3-,4-,5-,9-/m1/s1. The summed E-state index contributed by atoms with van der Waals surface area (Å²) in [5.41, 5.74) is -0.926. The maximum Gasteiger partial charge on any atom is 0.322 e. The van der Waals surface area contributed by atoms with Crippen molar-refractivity contribution in [3.05, 3.63) is 0 Å². The average Bonchev–Trinajstić information content (AvgIpc) is 2.68. The fraction of sp³-hybridized carbons (Fsp3) is 0.667. The van der Waals surface area contributed by atoms with Crippen LogP contribution in [0.4, 0.5) is 4.79 Å². The Morgan fingerprint density at radius 2 is 2.20 bits per heavy atom. The second-order valence-corrected chi connectivity index (χ2v) is 4.47. The van der Waals surface area contributed by atoms with Gasteiger partial charge in [0.05, 0.1) is 5.92 Å². The zero-order valence-electron chi connectivity index (χ0n) is 7.82. The second kappa shape index (κ2) is 2.32. The van der Waals surface area contributed by atoms with Crippen molar-refractivity contribution in [3.8, 4) is 0 Å². The van der Waals surface area contributed by atoms with E-state index in [1.807, 2.05) is 0 Å². The average molecular weight is 210 g/mol. The monoisotopic (exact) mass is 210 g/mol. The van der Waals surface area contributed by atoms with Gasteiger partial charge in [0, 0.05) is 5.92 Å². The van der Waals surface area contributed by atoms with E-state index in [1.54, 1.807) is 0 Å². The van der Waals surface area contributed by atoms with Gasteiger partial charge in [-0.15, -0.1) is 0 Å². The molecule has 1 aliphatic heterocycles. The molecule has 3 rings (SSSR count). The molecule has 15 heavy (non-hydrogen) atoms. The second-order valence-electron chi connectivity index (χ2n) is 4.47. The predicted octanol–water partition coefficient (Wildman–Crippen LogP) is -0.695. The highest BCUT2D eigenvalue weighted by Crippen LogP contribution is 2.62. The number of carboxylic acids is 1. The number of carbonyl (C=O) groups excluding carboxylic acids is 2. The lowest BCUT2D eigenvalue weighted by atomic mass is 9.90. The third-order valence-electron chi connectivity index (χ3n) is 3.86. The van der Waals surface area contributed by atoms with Crippen molar-refractivity contribution >= 4 is 17.9 Å². The van der Waals surface area contributed by atoms with Gasteiger partial charge in [-0.05, 0) is 18.8 Å². The Kier molecular flexibility index (Phi) is 1.34. The molecule has 0 unspecified atom stereocenters. The van der Waals surface area contributed by atoms with Crippen molar-refractivity contribution in [1.29, 1.82) is 0 Å². The van der Waals surface area contributed by atoms with Gasteiger partial charge < -0.3 is 10.4 Å². The minimum Gasteiger partial charge on any atom is -0.481 e. The molecule has 6 heteroatoms. The first-order chi connectivity index (χ1) is 7.06. The van der Waals surface area contributed by atoms with Gasteiger partial charge in [-0.3, -0.25) is 14.9 Å². The molecule has 3 aliphatic rings. The Bertz CT molecular complexity index is 394. The number of rotatable bonds is 1. The molecule has 1 spiro atoms. The van der Waals surface area contributed by atoms with Crippen LogP contribution in [0.1, 0.15) is 12.8 Å². The fourth-order valence-electron chi connectivity index (χ4n) is 3.22. The summed E-state index contributed by atoms with van der Waals surface area (Å²) in [6, 6.07) is -0.503. The molecule has 0 bridgehead atoms. The van der Waals surface area contributed by atoms with Crippen LogP contribution in [-0.4, -0.2) is 28.6 Å². The Balaban J connectivity index is 1.92. The number of carbonyl (C=O) groups is 3. The van der Waals surface area contributed by atoms with Gasteiger partial charge in [-0.1, -0.05) is 0 Å². The van der Waals surface area contributed by atoms with E-state index < -0.39 is 23.5 Å². The van der Waals surface area contributed by atoms with Gasteiger partial charge in [0.25, 0.3) is 5.91 Å². The summed E-state index contributed by atoms with van der Waals surface area (Å²) in [5.74, 6) is -1.82. The maximum atomic E-state index is 11.6. The van der Waals surface area contributed by atoms with Gasteiger partial charge in [-0.25, -0.2) is 4.79 Å². The van der Waals surface area contributed by atoms with Crippen LogP contribution in [0.5, 0.6) is 0 Å². The highest BCUT2D eigenvalue weighted by atomic mass is 16.4. The van der Waals surface area contributed by atoms with E-state index >= 15 is 0 Å². The highest BCUT2D eigenvalue weighted by molar-refractivity contribution is 6.08. The smallest absolute Gasteiger partial charge is 0.322 e. The van der Waals surface area contributed by atoms with Crippen LogP contribution in [0.15, 0.2) is 0 Å². The largest absolute Gasteiger partial charge is 0.481 e. The third kappa shape index (κ3) is 0.866. The number of amides is 3. The number of aliphatic carboxylic acids is 1. The molecule has 6 nitrogen and oxygen atoms in total. The van der Waals surface area contributed by atoms with Crippen LogP contribution < -0.4 is 10.6 Å². The minimum absolute atomic E-state index is 0.0617. The molecule has 0 radical (unpaired) electrons. The third-order valence-corrected chi connectivity index (χ3v) is 3.86. The summed E-state index contributed by atoms with van der Waals surface area (Å²) in [5, 5.41) is 13.7. The molecular formula is C9H10N2O4. The summed E-state index contributed by atoms with van der Waals surface area (Å²) >= 11 is 0. The van der Waals surface area contributed by atoms with Gasteiger partial charge in [0.1, 0.15) is 5.54 Å². The molecule has 2 saturated carbocycles. The van der Waals surface area contributed by atoms with E-state index in [0.717, 1.165) is 0 Å². The number of imide groups is 1. The molecule has 0 aromatic carbocycles. The SMILES string of the molecule is O=C1NC(=O)[C@]2(CC[C@@H]3[C@@H](C(=O)O)[C@@H]32)N1. The number of hydrogen-bond acceptors (Lipinski definition) is 3. The van der Waals surface area contributed by atoms with E-state index in [4.69, 9.17) is 5.11 Å². The van der Waals surface area contributed by atoms with Crippen molar-refractivity contribution in [2.45, 2.75) is 18.4 Å². The first-order valence-corrected chi connectivity index (χ1v) is 4.93. The van der Waals surface area contributed by atoms with Crippen LogP contribution in [0.2, 0.25) is 0 Å². The molecule has 3 amide bonds. The Hall–Kier alpha value is -1.59. The molecule has 0 aromatic heterocycles. The first kappa shape index (κ1) is 8.70. The van der Waals surface area contributed by atoms with Crippen LogP contribution >= 0.6 is 0 Å². The number of nitrogens with one attached hydrogen (secondary N) is 2. The normalized spacial score (nSPS) is 46.3. The quantitative estimate of drug-likeness (QED) is 0.499. The molecule has 0 aromatic rings. The molecule has 3 fully saturated rings. The van der Waals surface area contributed by atoms with Crippen LogP contribution in [0.25, 0.3) is 0 Å². The highest BCUT2D eigenvalue weighted by Gasteiger charge is 2.73. The topological polar surface area (TPSA) is 95.5 Å². The minimum atomic E-state index is -0.926. The van der Waals surface area contributed by atoms with Crippen molar-refractivity contribution in [2.75, 3.05) is 0 Å². The van der Waals surface area contributed by atoms with E-state index in [-0.39, 0.29) is 17.7 Å². The van der Waals surface area contributed by atoms with E-state index in [2.05, 4.69) is 10.6 Å². The van der Waals surface area contributed by atoms with Crippen LogP contribution in [0.3, 0.4) is 0 Å². The molecule has 3 N–H and O–H groups in total. The Morgan fingerprint density at radius 1 is 1.47 bits per heavy atom. The summed E-state index contributed by atoms with van der Waals surface area (Å²) in [7, 11) is 0. The molecule has 80 valence electrons. The van der Waals surface area contributed by atoms with Crippen molar-refractivity contribution in [1.82, 2.24) is 10.6 Å². The lowest BCUT2D eigenvalue weighted by Gasteiger charge is -2.22. The summed E-state index contributed by atoms with van der Waals surface area (Å²) in [6.45, 7) is 0. The number of hydrogen-bond donors (Lipinski definition) is 3. The van der Waals surface area contributed by atoms with Crippen LogP contribution in [-0.2, 0) is 9.59 Å². The Morgan fingerprint density at radius 3 is 2.67 bits per heavy atom. The number of fused-ring (bicyclic) bond motifs is 2. The molecular weight excluding hydrogens is 200 g/mol. The van der Waals surface area contributed by atoms with E-state index in [9.17, 15) is 14.4 Å². The zero-order chi connectivity index (χ0) is 10.8. The fourth-order valence-corrected chi connectivity index (χ4v) is 3.22. The summed E-state index contributed by atoms with van der Waals surface area (Å²) < 4.78 is 0. The van der Waals surface area contributed by atoms with Gasteiger partial charge in [0.15, 0.2) is 0 Å². The number of urea groups is 1. The van der Waals surface area contributed by atoms with E-state index in [0.29, 0.717) is 12.8 Å². The van der Waals surface area contributed by atoms with Gasteiger partial charge in [0.2, 0.25) is 0 Å². The molecule has 1 saturated heterocycles.